The number of para-hydroxylation sites is 1. The maximum absolute atomic E-state index is 13.4. The van der Waals surface area contributed by atoms with E-state index < -0.39 is 5.91 Å². The molecule has 0 bridgehead atoms. The molecule has 2 N–H and O–H groups in total. The van der Waals surface area contributed by atoms with E-state index in [-0.39, 0.29) is 22.8 Å². The fraction of sp³-hybridized carbons (Fsp3) is 0.216. The van der Waals surface area contributed by atoms with E-state index in [9.17, 15) is 14.7 Å². The molecule has 3 heterocycles. The molecule has 7 rings (SSSR count). The van der Waals surface area contributed by atoms with Crippen LogP contribution in [0.4, 0.5) is 5.69 Å². The highest BCUT2D eigenvalue weighted by atomic mass is 16.5. The van der Waals surface area contributed by atoms with Crippen LogP contribution in [-0.2, 0) is 19.4 Å². The number of methoxy groups -OCH3 is 3. The van der Waals surface area contributed by atoms with Crippen molar-refractivity contribution in [2.24, 2.45) is 0 Å². The number of hydrogen-bond acceptors (Lipinski definition) is 11. The first-order chi connectivity index (χ1) is 24.3. The highest BCUT2D eigenvalue weighted by Crippen LogP contribution is 2.38. The van der Waals surface area contributed by atoms with E-state index in [2.05, 4.69) is 25.6 Å². The molecule has 0 aliphatic carbocycles. The predicted octanol–water partition coefficient (Wildman–Crippen LogP) is 5.02. The molecule has 2 aromatic heterocycles. The quantitative estimate of drug-likeness (QED) is 0.201. The number of phenolic OH excluding ortho intramolecular Hbond substituents is 1. The zero-order valence-electron chi connectivity index (χ0n) is 27.7. The van der Waals surface area contributed by atoms with Crippen LogP contribution >= 0.6 is 0 Å². The minimum atomic E-state index is -0.642. The van der Waals surface area contributed by atoms with Crippen molar-refractivity contribution < 1.29 is 28.5 Å². The summed E-state index contributed by atoms with van der Waals surface area (Å²) in [7, 11) is 4.55. The molecule has 1 aliphatic heterocycles. The van der Waals surface area contributed by atoms with E-state index in [4.69, 9.17) is 18.6 Å². The van der Waals surface area contributed by atoms with Crippen molar-refractivity contribution in [3.63, 3.8) is 0 Å². The number of aromatic nitrogens is 4. The third kappa shape index (κ3) is 6.45. The number of fused-ring (bicyclic) bond motifs is 2. The van der Waals surface area contributed by atoms with Gasteiger partial charge in [0.05, 0.1) is 43.7 Å². The number of ether oxygens (including phenoxy) is 3. The Morgan fingerprint density at radius 3 is 2.46 bits per heavy atom. The summed E-state index contributed by atoms with van der Waals surface area (Å²) in [6.45, 7) is 2.57. The van der Waals surface area contributed by atoms with E-state index >= 15 is 0 Å². The zero-order valence-corrected chi connectivity index (χ0v) is 27.7. The van der Waals surface area contributed by atoms with Gasteiger partial charge in [0.25, 0.3) is 5.91 Å². The summed E-state index contributed by atoms with van der Waals surface area (Å²) < 4.78 is 22.0. The molecule has 0 spiro atoms. The Labute approximate surface area is 286 Å². The topological polar surface area (TPSA) is 154 Å². The monoisotopic (exact) mass is 674 g/mol. The van der Waals surface area contributed by atoms with Crippen LogP contribution in [-0.4, -0.2) is 70.5 Å². The first-order valence-corrected chi connectivity index (χ1v) is 15.9. The second-order valence-electron chi connectivity index (χ2n) is 11.8. The Balaban J connectivity index is 1.08. The van der Waals surface area contributed by atoms with Crippen LogP contribution in [0, 0.1) is 0 Å². The molecule has 50 heavy (non-hydrogen) atoms. The van der Waals surface area contributed by atoms with Gasteiger partial charge in [0, 0.05) is 31.8 Å². The Kier molecular flexibility index (Phi) is 8.88. The number of carbonyl (C=O) groups is 1. The fourth-order valence-electron chi connectivity index (χ4n) is 6.07. The molecule has 1 amide bonds. The van der Waals surface area contributed by atoms with E-state index in [0.717, 1.165) is 49.7 Å². The van der Waals surface area contributed by atoms with Crippen LogP contribution < -0.4 is 25.0 Å². The van der Waals surface area contributed by atoms with Crippen LogP contribution in [0.15, 0.2) is 88.1 Å². The third-order valence-corrected chi connectivity index (χ3v) is 8.76. The number of amides is 1. The summed E-state index contributed by atoms with van der Waals surface area (Å²) >= 11 is 0. The molecule has 0 fully saturated rings. The van der Waals surface area contributed by atoms with Gasteiger partial charge < -0.3 is 29.1 Å². The van der Waals surface area contributed by atoms with Crippen LogP contribution in [0.1, 0.15) is 27.2 Å². The molecule has 0 saturated heterocycles. The molecule has 13 heteroatoms. The minimum Gasteiger partial charge on any atom is -0.504 e. The average molecular weight is 675 g/mol. The third-order valence-electron chi connectivity index (χ3n) is 8.76. The van der Waals surface area contributed by atoms with Crippen molar-refractivity contribution in [2.75, 3.05) is 39.7 Å². The molecule has 4 aromatic carbocycles. The smallest absolute Gasteiger partial charge is 0.291 e. The molecule has 13 nitrogen and oxygen atoms in total. The van der Waals surface area contributed by atoms with Crippen molar-refractivity contribution in [3.8, 4) is 40.1 Å². The average Bonchev–Trinajstić information content (AvgIpc) is 3.64. The summed E-state index contributed by atoms with van der Waals surface area (Å²) in [5, 5.41) is 26.5. The van der Waals surface area contributed by atoms with Gasteiger partial charge in [-0.05, 0) is 77.2 Å². The molecule has 1 aliphatic rings. The Bertz CT molecular complexity index is 2260. The van der Waals surface area contributed by atoms with Crippen LogP contribution in [0.5, 0.6) is 23.0 Å². The lowest BCUT2D eigenvalue weighted by Crippen LogP contribution is -2.32. The lowest BCUT2D eigenvalue weighted by Gasteiger charge is -2.29. The van der Waals surface area contributed by atoms with Crippen molar-refractivity contribution in [2.45, 2.75) is 19.4 Å². The van der Waals surface area contributed by atoms with Gasteiger partial charge in [-0.1, -0.05) is 24.3 Å². The van der Waals surface area contributed by atoms with Gasteiger partial charge in [0.2, 0.25) is 5.82 Å². The van der Waals surface area contributed by atoms with Gasteiger partial charge >= 0.3 is 0 Å². The predicted molar refractivity (Wildman–Crippen MR) is 185 cm³/mol. The number of anilines is 1. The number of hydrogen-bond donors (Lipinski definition) is 2. The summed E-state index contributed by atoms with van der Waals surface area (Å²) in [6.07, 6.45) is 1.75. The molecule has 0 radical (unpaired) electrons. The van der Waals surface area contributed by atoms with Gasteiger partial charge in [-0.2, -0.15) is 0 Å². The number of phenols is 1. The van der Waals surface area contributed by atoms with E-state index in [0.29, 0.717) is 45.2 Å². The lowest BCUT2D eigenvalue weighted by molar-refractivity contribution is 0.0997. The van der Waals surface area contributed by atoms with Gasteiger partial charge in [-0.3, -0.25) is 14.5 Å². The van der Waals surface area contributed by atoms with Gasteiger partial charge in [0.1, 0.15) is 5.58 Å². The maximum atomic E-state index is 13.4. The second kappa shape index (κ2) is 13.7. The van der Waals surface area contributed by atoms with E-state index in [1.54, 1.807) is 49.6 Å². The highest BCUT2D eigenvalue weighted by molar-refractivity contribution is 6.05. The maximum Gasteiger partial charge on any atom is 0.291 e. The molecule has 0 unspecified atom stereocenters. The number of nitrogens with one attached hydrogen (secondary N) is 1. The molecular formula is C37H34N6O7. The summed E-state index contributed by atoms with van der Waals surface area (Å²) in [5.41, 5.74) is 4.87. The largest absolute Gasteiger partial charge is 0.504 e. The molecule has 254 valence electrons. The van der Waals surface area contributed by atoms with Crippen molar-refractivity contribution in [1.29, 1.82) is 0 Å². The van der Waals surface area contributed by atoms with Crippen LogP contribution in [0.25, 0.3) is 28.0 Å². The fourth-order valence-corrected chi connectivity index (χ4v) is 6.07. The Morgan fingerprint density at radius 1 is 0.920 bits per heavy atom. The number of rotatable bonds is 10. The standard InChI is InChI=1S/C37H34N6O7/c1-47-32-17-23-13-15-42(21-24(23)16-30(32)45)14-12-22-8-10-25(11-9-22)43-40-36(39-41-43)27-18-33(48-2)34(49-3)19-28(27)38-37(46)35-20-29(44)26-6-4-5-7-31(26)50-35/h4-11,16-20,45H,12-15,21H2,1-3H3,(H,38,46). The van der Waals surface area contributed by atoms with E-state index in [1.165, 1.54) is 24.6 Å². The molecule has 6 aromatic rings. The Hall–Kier alpha value is -6.21. The van der Waals surface area contributed by atoms with E-state index in [1.807, 2.05) is 30.3 Å². The number of nitrogens with zero attached hydrogens (tertiary/aromatic N) is 5. The van der Waals surface area contributed by atoms with Crippen molar-refractivity contribution in [3.05, 3.63) is 112 Å². The lowest BCUT2D eigenvalue weighted by atomic mass is 9.98. The van der Waals surface area contributed by atoms with Crippen molar-refractivity contribution >= 4 is 22.6 Å². The van der Waals surface area contributed by atoms with Gasteiger partial charge in [0.15, 0.2) is 34.2 Å². The SMILES string of the molecule is COc1cc2c(cc1O)CN(CCc1ccc(-n3nnc(-c4cc(OC)c(OC)cc4NC(=O)c4cc(=O)c5ccccc5o4)n3)cc1)CC2. The number of carbonyl (C=O) groups excluding carboxylic acids is 1. The molecule has 0 saturated carbocycles. The molecule has 0 atom stereocenters. The number of tetrazole rings is 1. The van der Waals surface area contributed by atoms with Crippen LogP contribution in [0.2, 0.25) is 0 Å². The minimum absolute atomic E-state index is 0.156. The number of aromatic hydroxyl groups is 1. The van der Waals surface area contributed by atoms with Gasteiger partial charge in [-0.25, -0.2) is 0 Å². The number of benzene rings is 4. The summed E-state index contributed by atoms with van der Waals surface area (Å²) in [4.78, 5) is 29.8. The first kappa shape index (κ1) is 32.3. The Morgan fingerprint density at radius 2 is 1.68 bits per heavy atom. The normalized spacial score (nSPS) is 12.8. The second-order valence-corrected chi connectivity index (χ2v) is 11.8. The van der Waals surface area contributed by atoms with Gasteiger partial charge in [-0.15, -0.1) is 15.0 Å². The zero-order chi connectivity index (χ0) is 34.8. The molecular weight excluding hydrogens is 640 g/mol. The summed E-state index contributed by atoms with van der Waals surface area (Å²) in [5.74, 6) is 0.854. The first-order valence-electron chi connectivity index (χ1n) is 15.9. The van der Waals surface area contributed by atoms with Crippen molar-refractivity contribution in [1.82, 2.24) is 25.1 Å². The van der Waals surface area contributed by atoms with Crippen LogP contribution in [0.3, 0.4) is 0 Å². The summed E-state index contributed by atoms with van der Waals surface area (Å²) in [6, 6.07) is 22.8. The highest BCUT2D eigenvalue weighted by Gasteiger charge is 2.22.